The molecule has 5 heteroatoms. The predicted molar refractivity (Wildman–Crippen MR) is 55.6 cm³/mol. The van der Waals surface area contributed by atoms with Gasteiger partial charge in [0, 0.05) is 6.54 Å². The molecule has 0 aromatic heterocycles. The lowest BCUT2D eigenvalue weighted by Crippen LogP contribution is -2.41. The van der Waals surface area contributed by atoms with Crippen molar-refractivity contribution in [3.8, 4) is 0 Å². The maximum atomic E-state index is 11.6. The van der Waals surface area contributed by atoms with Gasteiger partial charge >= 0.3 is 12.2 Å². The fourth-order valence-corrected chi connectivity index (χ4v) is 0.908. The molecule has 0 saturated heterocycles. The topological polar surface area (TPSA) is 55.8 Å². The monoisotopic (exact) mass is 217 g/mol. The maximum Gasteiger partial charge on any atom is 0.419 e. The van der Waals surface area contributed by atoms with Crippen LogP contribution in [0.25, 0.3) is 0 Å². The summed E-state index contributed by atoms with van der Waals surface area (Å²) < 4.78 is 9.55. The van der Waals surface area contributed by atoms with Crippen LogP contribution in [0.15, 0.2) is 0 Å². The minimum Gasteiger partial charge on any atom is -0.452 e. The van der Waals surface area contributed by atoms with E-state index in [1.807, 2.05) is 6.92 Å². The molecule has 15 heavy (non-hydrogen) atoms. The predicted octanol–water partition coefficient (Wildman–Crippen LogP) is 2.40. The molecule has 5 nitrogen and oxygen atoms in total. The van der Waals surface area contributed by atoms with E-state index in [0.29, 0.717) is 13.0 Å². The van der Waals surface area contributed by atoms with Gasteiger partial charge in [-0.15, -0.1) is 0 Å². The second-order valence-corrected chi connectivity index (χ2v) is 4.10. The average molecular weight is 217 g/mol. The number of ether oxygens (including phenoxy) is 2. The van der Waals surface area contributed by atoms with E-state index in [4.69, 9.17) is 4.74 Å². The highest BCUT2D eigenvalue weighted by Crippen LogP contribution is 2.10. The SMILES string of the molecule is CCCN(C(=O)OC)C(=O)OC(C)(C)C. The van der Waals surface area contributed by atoms with Crippen molar-refractivity contribution in [2.24, 2.45) is 0 Å². The number of rotatable bonds is 2. The van der Waals surface area contributed by atoms with Crippen molar-refractivity contribution in [3.05, 3.63) is 0 Å². The molecule has 0 rings (SSSR count). The Kier molecular flexibility index (Phi) is 5.11. The van der Waals surface area contributed by atoms with Crippen LogP contribution in [0.4, 0.5) is 9.59 Å². The molecule has 0 aliphatic heterocycles. The van der Waals surface area contributed by atoms with Gasteiger partial charge in [-0.3, -0.25) is 0 Å². The van der Waals surface area contributed by atoms with Gasteiger partial charge < -0.3 is 9.47 Å². The van der Waals surface area contributed by atoms with Gasteiger partial charge in [-0.2, -0.15) is 0 Å². The van der Waals surface area contributed by atoms with Crippen molar-refractivity contribution >= 4 is 12.2 Å². The Labute approximate surface area is 90.3 Å². The number of hydrogen-bond donors (Lipinski definition) is 0. The fraction of sp³-hybridized carbons (Fsp3) is 0.800. The van der Waals surface area contributed by atoms with Crippen molar-refractivity contribution in [3.63, 3.8) is 0 Å². The van der Waals surface area contributed by atoms with Crippen molar-refractivity contribution in [1.82, 2.24) is 4.90 Å². The quantitative estimate of drug-likeness (QED) is 0.712. The normalized spacial score (nSPS) is 10.7. The van der Waals surface area contributed by atoms with Gasteiger partial charge in [0.25, 0.3) is 0 Å². The van der Waals surface area contributed by atoms with Crippen LogP contribution in [0.5, 0.6) is 0 Å². The van der Waals surface area contributed by atoms with E-state index >= 15 is 0 Å². The zero-order valence-electron chi connectivity index (χ0n) is 9.99. The van der Waals surface area contributed by atoms with Crippen LogP contribution in [0.3, 0.4) is 0 Å². The fourth-order valence-electron chi connectivity index (χ4n) is 0.908. The zero-order chi connectivity index (χ0) is 12.1. The van der Waals surface area contributed by atoms with Crippen LogP contribution in [0, 0.1) is 0 Å². The molecule has 0 aromatic carbocycles. The summed E-state index contributed by atoms with van der Waals surface area (Å²) in [5.41, 5.74) is -0.614. The Morgan fingerprint density at radius 2 is 1.73 bits per heavy atom. The number of amides is 2. The zero-order valence-corrected chi connectivity index (χ0v) is 9.99. The first-order valence-corrected chi connectivity index (χ1v) is 4.90. The van der Waals surface area contributed by atoms with Crippen LogP contribution >= 0.6 is 0 Å². The molecular weight excluding hydrogens is 198 g/mol. The van der Waals surface area contributed by atoms with E-state index in [9.17, 15) is 9.59 Å². The van der Waals surface area contributed by atoms with E-state index in [-0.39, 0.29) is 0 Å². The van der Waals surface area contributed by atoms with E-state index in [0.717, 1.165) is 4.90 Å². The molecule has 0 aliphatic carbocycles. The third-order valence-corrected chi connectivity index (χ3v) is 1.46. The first-order chi connectivity index (χ1) is 6.81. The van der Waals surface area contributed by atoms with E-state index in [1.54, 1.807) is 20.8 Å². The number of carbonyl (C=O) groups excluding carboxylic acids is 2. The molecule has 0 fully saturated rings. The molecular formula is C10H19NO4. The molecule has 0 heterocycles. The third kappa shape index (κ3) is 5.24. The Morgan fingerprint density at radius 1 is 1.20 bits per heavy atom. The molecule has 0 radical (unpaired) electrons. The van der Waals surface area contributed by atoms with Gasteiger partial charge in [0.15, 0.2) is 0 Å². The smallest absolute Gasteiger partial charge is 0.419 e. The van der Waals surface area contributed by atoms with Gasteiger partial charge in [0.1, 0.15) is 5.60 Å². The summed E-state index contributed by atoms with van der Waals surface area (Å²) in [6, 6.07) is 0. The van der Waals surface area contributed by atoms with Crippen molar-refractivity contribution in [2.45, 2.75) is 39.7 Å². The Morgan fingerprint density at radius 3 is 2.07 bits per heavy atom. The molecule has 0 bridgehead atoms. The Balaban J connectivity index is 4.49. The Hall–Kier alpha value is -1.26. The molecule has 0 spiro atoms. The highest BCUT2D eigenvalue weighted by molar-refractivity contribution is 5.87. The number of carbonyl (C=O) groups is 2. The van der Waals surface area contributed by atoms with Gasteiger partial charge in [-0.25, -0.2) is 14.5 Å². The third-order valence-electron chi connectivity index (χ3n) is 1.46. The molecule has 0 aromatic rings. The number of nitrogens with zero attached hydrogens (tertiary/aromatic N) is 1. The highest BCUT2D eigenvalue weighted by Gasteiger charge is 2.26. The lowest BCUT2D eigenvalue weighted by atomic mass is 10.2. The minimum atomic E-state index is -0.689. The van der Waals surface area contributed by atoms with Crippen LogP contribution in [0.2, 0.25) is 0 Å². The maximum absolute atomic E-state index is 11.6. The molecule has 0 saturated carbocycles. The van der Waals surface area contributed by atoms with Crippen molar-refractivity contribution in [1.29, 1.82) is 0 Å². The number of methoxy groups -OCH3 is 1. The minimum absolute atomic E-state index is 0.293. The van der Waals surface area contributed by atoms with Crippen LogP contribution in [-0.2, 0) is 9.47 Å². The second-order valence-electron chi connectivity index (χ2n) is 4.10. The van der Waals surface area contributed by atoms with E-state index in [1.165, 1.54) is 7.11 Å². The molecule has 0 atom stereocenters. The molecule has 0 aliphatic rings. The van der Waals surface area contributed by atoms with Crippen molar-refractivity contribution < 1.29 is 19.1 Å². The lowest BCUT2D eigenvalue weighted by Gasteiger charge is -2.24. The first-order valence-electron chi connectivity index (χ1n) is 4.90. The van der Waals surface area contributed by atoms with Gasteiger partial charge in [0.2, 0.25) is 0 Å². The van der Waals surface area contributed by atoms with Gasteiger partial charge in [-0.1, -0.05) is 6.92 Å². The molecule has 0 unspecified atom stereocenters. The van der Waals surface area contributed by atoms with Crippen LogP contribution in [0.1, 0.15) is 34.1 Å². The summed E-state index contributed by atoms with van der Waals surface area (Å²) in [4.78, 5) is 23.7. The van der Waals surface area contributed by atoms with E-state index in [2.05, 4.69) is 4.74 Å². The summed E-state index contributed by atoms with van der Waals surface area (Å²) in [5.74, 6) is 0. The van der Waals surface area contributed by atoms with Crippen LogP contribution in [-0.4, -0.2) is 36.3 Å². The standard InChI is InChI=1S/C10H19NO4/c1-6-7-11(8(12)14-5)9(13)15-10(2,3)4/h6-7H2,1-5H3. The van der Waals surface area contributed by atoms with Crippen molar-refractivity contribution in [2.75, 3.05) is 13.7 Å². The number of imide groups is 1. The van der Waals surface area contributed by atoms with Gasteiger partial charge in [-0.05, 0) is 27.2 Å². The average Bonchev–Trinajstić information content (AvgIpc) is 2.10. The summed E-state index contributed by atoms with van der Waals surface area (Å²) in [5, 5.41) is 0. The summed E-state index contributed by atoms with van der Waals surface area (Å²) in [6.45, 7) is 7.38. The molecule has 2 amide bonds. The highest BCUT2D eigenvalue weighted by atomic mass is 16.6. The number of hydrogen-bond acceptors (Lipinski definition) is 4. The van der Waals surface area contributed by atoms with Gasteiger partial charge in [0.05, 0.1) is 7.11 Å². The van der Waals surface area contributed by atoms with Crippen LogP contribution < -0.4 is 0 Å². The summed E-state index contributed by atoms with van der Waals surface area (Å²) >= 11 is 0. The van der Waals surface area contributed by atoms with E-state index < -0.39 is 17.8 Å². The molecule has 0 N–H and O–H groups in total. The second kappa shape index (κ2) is 5.58. The Bertz CT molecular complexity index is 232. The summed E-state index contributed by atoms with van der Waals surface area (Å²) in [6.07, 6.45) is -0.698. The molecule has 88 valence electrons. The summed E-state index contributed by atoms with van der Waals surface area (Å²) in [7, 11) is 1.23. The lowest BCUT2D eigenvalue weighted by molar-refractivity contribution is 0.0246. The largest absolute Gasteiger partial charge is 0.452 e. The first kappa shape index (κ1) is 13.7.